The van der Waals surface area contributed by atoms with Crippen molar-refractivity contribution in [2.75, 3.05) is 39.3 Å². The van der Waals surface area contributed by atoms with Gasteiger partial charge in [0.15, 0.2) is 0 Å². The maximum atomic E-state index is 13.8. The minimum atomic E-state index is -0.654. The van der Waals surface area contributed by atoms with E-state index in [9.17, 15) is 19.1 Å². The molecule has 4 rings (SSSR count). The number of β-amino-alcohol motifs (C(OH)–C–C–N with tert-alkyl or cyclic N) is 1. The number of halogens is 3. The second kappa shape index (κ2) is 9.24. The molecule has 0 saturated carbocycles. The molecule has 2 aromatic carbocycles. The van der Waals surface area contributed by atoms with E-state index in [4.69, 9.17) is 11.6 Å². The minimum absolute atomic E-state index is 0.135. The highest BCUT2D eigenvalue weighted by Gasteiger charge is 2.39. The zero-order valence-electron chi connectivity index (χ0n) is 16.7. The summed E-state index contributed by atoms with van der Waals surface area (Å²) in [7, 11) is 0. The Morgan fingerprint density at radius 1 is 0.935 bits per heavy atom. The van der Waals surface area contributed by atoms with E-state index in [0.717, 1.165) is 0 Å². The van der Waals surface area contributed by atoms with E-state index in [0.29, 0.717) is 53.3 Å². The molecular formula is C22H22BrClFN3O3. The van der Waals surface area contributed by atoms with Crippen molar-refractivity contribution in [1.29, 1.82) is 0 Å². The van der Waals surface area contributed by atoms with E-state index >= 15 is 0 Å². The number of amides is 2. The highest BCUT2D eigenvalue weighted by Crippen LogP contribution is 2.22. The van der Waals surface area contributed by atoms with Crippen molar-refractivity contribution in [2.45, 2.75) is 12.1 Å². The molecule has 0 aromatic heterocycles. The molecule has 9 heteroatoms. The molecule has 164 valence electrons. The largest absolute Gasteiger partial charge is 0.390 e. The van der Waals surface area contributed by atoms with E-state index in [1.807, 2.05) is 0 Å². The van der Waals surface area contributed by atoms with Gasteiger partial charge in [0, 0.05) is 55.4 Å². The second-order valence-corrected chi connectivity index (χ2v) is 9.10. The first-order valence-electron chi connectivity index (χ1n) is 10.0. The quantitative estimate of drug-likeness (QED) is 0.690. The molecule has 2 fully saturated rings. The van der Waals surface area contributed by atoms with Crippen LogP contribution < -0.4 is 0 Å². The Bertz CT molecular complexity index is 982. The van der Waals surface area contributed by atoms with Gasteiger partial charge in [0.1, 0.15) is 5.82 Å². The molecule has 0 unspecified atom stereocenters. The molecule has 6 nitrogen and oxygen atoms in total. The van der Waals surface area contributed by atoms with Crippen LogP contribution in [0.3, 0.4) is 0 Å². The summed E-state index contributed by atoms with van der Waals surface area (Å²) < 4.78 is 14.1. The number of rotatable bonds is 3. The maximum absolute atomic E-state index is 13.8. The Morgan fingerprint density at radius 3 is 2.19 bits per heavy atom. The lowest BCUT2D eigenvalue weighted by molar-refractivity contribution is 0.0376. The van der Waals surface area contributed by atoms with Gasteiger partial charge < -0.3 is 14.9 Å². The van der Waals surface area contributed by atoms with Crippen LogP contribution in [0.25, 0.3) is 0 Å². The fraction of sp³-hybridized carbons (Fsp3) is 0.364. The van der Waals surface area contributed by atoms with Gasteiger partial charge in [0.05, 0.1) is 16.6 Å². The summed E-state index contributed by atoms with van der Waals surface area (Å²) in [4.78, 5) is 30.9. The highest BCUT2D eigenvalue weighted by molar-refractivity contribution is 9.10. The Balaban J connectivity index is 1.35. The molecule has 1 N–H and O–H groups in total. The third-order valence-electron chi connectivity index (χ3n) is 5.87. The Labute approximate surface area is 193 Å². The highest BCUT2D eigenvalue weighted by atomic mass is 79.9. The van der Waals surface area contributed by atoms with Crippen molar-refractivity contribution < 1.29 is 19.1 Å². The molecule has 0 spiro atoms. The molecule has 2 aliphatic heterocycles. The van der Waals surface area contributed by atoms with Gasteiger partial charge in [-0.3, -0.25) is 14.5 Å². The summed E-state index contributed by atoms with van der Waals surface area (Å²) in [6.07, 6.45) is -0.654. The molecule has 2 amide bonds. The maximum Gasteiger partial charge on any atom is 0.254 e. The van der Waals surface area contributed by atoms with Crippen molar-refractivity contribution in [3.8, 4) is 0 Å². The number of aliphatic hydroxyl groups is 1. The number of carbonyl (C=O) groups excluding carboxylic acids is 2. The average Bonchev–Trinajstić information content (AvgIpc) is 3.17. The molecule has 2 atom stereocenters. The second-order valence-electron chi connectivity index (χ2n) is 7.81. The summed E-state index contributed by atoms with van der Waals surface area (Å²) in [5, 5.41) is 11.1. The minimum Gasteiger partial charge on any atom is -0.390 e. The molecule has 2 aromatic rings. The van der Waals surface area contributed by atoms with Gasteiger partial charge in [-0.05, 0) is 58.4 Å². The van der Waals surface area contributed by atoms with Crippen LogP contribution in [0.4, 0.5) is 4.39 Å². The van der Waals surface area contributed by atoms with Crippen LogP contribution in [0.15, 0.2) is 46.9 Å². The molecule has 2 heterocycles. The fourth-order valence-corrected chi connectivity index (χ4v) is 4.51. The smallest absolute Gasteiger partial charge is 0.254 e. The topological polar surface area (TPSA) is 64.1 Å². The standard InChI is InChI=1S/C22H22BrClFN3O3/c23-17-6-3-15(11-18(17)25)22(31)27-9-7-26(8-10-27)19-12-28(13-20(19)29)21(30)14-1-4-16(24)5-2-14/h1-6,11,19-20,29H,7-10,12-13H2/t19-,20-/m0/s1. The first-order chi connectivity index (χ1) is 14.8. The van der Waals surface area contributed by atoms with Crippen LogP contribution in [0.2, 0.25) is 5.02 Å². The first kappa shape index (κ1) is 22.2. The molecule has 31 heavy (non-hydrogen) atoms. The van der Waals surface area contributed by atoms with E-state index in [-0.39, 0.29) is 24.4 Å². The van der Waals surface area contributed by atoms with Gasteiger partial charge in [0.25, 0.3) is 11.8 Å². The van der Waals surface area contributed by atoms with Crippen molar-refractivity contribution in [3.63, 3.8) is 0 Å². The lowest BCUT2D eigenvalue weighted by Crippen LogP contribution is -2.54. The molecule has 2 saturated heterocycles. The van der Waals surface area contributed by atoms with Crippen LogP contribution in [0.5, 0.6) is 0 Å². The summed E-state index contributed by atoms with van der Waals surface area (Å²) in [5.74, 6) is -0.814. The van der Waals surface area contributed by atoms with Gasteiger partial charge in [-0.25, -0.2) is 4.39 Å². The lowest BCUT2D eigenvalue weighted by Gasteiger charge is -2.38. The van der Waals surface area contributed by atoms with Crippen molar-refractivity contribution in [2.24, 2.45) is 0 Å². The molecule has 0 aliphatic carbocycles. The summed E-state index contributed by atoms with van der Waals surface area (Å²) in [5.41, 5.74) is 0.851. The number of likely N-dealkylation sites (tertiary alicyclic amines) is 1. The molecule has 0 bridgehead atoms. The first-order valence-corrected chi connectivity index (χ1v) is 11.2. The van der Waals surface area contributed by atoms with E-state index in [1.54, 1.807) is 40.1 Å². The number of benzene rings is 2. The third-order valence-corrected chi connectivity index (χ3v) is 6.77. The van der Waals surface area contributed by atoms with Crippen molar-refractivity contribution >= 4 is 39.3 Å². The summed E-state index contributed by atoms with van der Waals surface area (Å²) in [6.45, 7) is 2.80. The van der Waals surface area contributed by atoms with E-state index < -0.39 is 11.9 Å². The van der Waals surface area contributed by atoms with Crippen LogP contribution in [0, 0.1) is 5.82 Å². The average molecular weight is 511 g/mol. The molecule has 2 aliphatic rings. The lowest BCUT2D eigenvalue weighted by atomic mass is 10.1. The van der Waals surface area contributed by atoms with E-state index in [1.165, 1.54) is 12.1 Å². The van der Waals surface area contributed by atoms with Crippen LogP contribution in [0.1, 0.15) is 20.7 Å². The monoisotopic (exact) mass is 509 g/mol. The van der Waals surface area contributed by atoms with Gasteiger partial charge in [0.2, 0.25) is 0 Å². The SMILES string of the molecule is O=C(c1ccc(Br)c(F)c1)N1CCN([C@H]2CN(C(=O)c3ccc(Cl)cc3)C[C@@H]2O)CC1. The summed E-state index contributed by atoms with van der Waals surface area (Å²) >= 11 is 8.99. The zero-order chi connectivity index (χ0) is 22.1. The summed E-state index contributed by atoms with van der Waals surface area (Å²) in [6, 6.07) is 10.9. The van der Waals surface area contributed by atoms with Gasteiger partial charge in [-0.1, -0.05) is 11.6 Å². The fourth-order valence-electron chi connectivity index (χ4n) is 4.14. The number of carbonyl (C=O) groups is 2. The van der Waals surface area contributed by atoms with Crippen LogP contribution in [-0.4, -0.2) is 83.0 Å². The Kier molecular flexibility index (Phi) is 6.62. The Hall–Kier alpha value is -2.00. The van der Waals surface area contributed by atoms with Gasteiger partial charge in [-0.15, -0.1) is 0 Å². The molecular weight excluding hydrogens is 489 g/mol. The Morgan fingerprint density at radius 2 is 1.55 bits per heavy atom. The van der Waals surface area contributed by atoms with E-state index in [2.05, 4.69) is 20.8 Å². The zero-order valence-corrected chi connectivity index (χ0v) is 19.0. The predicted octanol–water partition coefficient (Wildman–Crippen LogP) is 2.88. The number of hydrogen-bond acceptors (Lipinski definition) is 4. The third kappa shape index (κ3) is 4.77. The van der Waals surface area contributed by atoms with Gasteiger partial charge in [-0.2, -0.15) is 0 Å². The number of piperazine rings is 1. The van der Waals surface area contributed by atoms with Crippen molar-refractivity contribution in [1.82, 2.24) is 14.7 Å². The van der Waals surface area contributed by atoms with Gasteiger partial charge >= 0.3 is 0 Å². The number of hydrogen-bond donors (Lipinski definition) is 1. The number of aliphatic hydroxyl groups excluding tert-OH is 1. The molecule has 0 radical (unpaired) electrons. The number of nitrogens with zero attached hydrogens (tertiary/aromatic N) is 3. The predicted molar refractivity (Wildman–Crippen MR) is 119 cm³/mol. The van der Waals surface area contributed by atoms with Crippen molar-refractivity contribution in [3.05, 3.63) is 68.9 Å². The normalized spacial score (nSPS) is 22.1. The van der Waals surface area contributed by atoms with Crippen LogP contribution in [-0.2, 0) is 0 Å². The van der Waals surface area contributed by atoms with Crippen LogP contribution >= 0.6 is 27.5 Å².